The van der Waals surface area contributed by atoms with Crippen LogP contribution in [0.3, 0.4) is 0 Å². The van der Waals surface area contributed by atoms with Crippen LogP contribution in [0.2, 0.25) is 0 Å². The summed E-state index contributed by atoms with van der Waals surface area (Å²) in [6.45, 7) is 3.18. The Morgan fingerprint density at radius 3 is 2.69 bits per heavy atom. The van der Waals surface area contributed by atoms with Gasteiger partial charge in [-0.2, -0.15) is 18.4 Å². The molecule has 0 unspecified atom stereocenters. The highest BCUT2D eigenvalue weighted by Crippen LogP contribution is 2.39. The Kier molecular flexibility index (Phi) is 4.67. The Bertz CT molecular complexity index is 1100. The number of aromatic nitrogens is 3. The van der Waals surface area contributed by atoms with E-state index in [0.29, 0.717) is 22.7 Å². The normalized spacial score (nSPS) is 17.4. The second-order valence-electron chi connectivity index (χ2n) is 7.21. The van der Waals surface area contributed by atoms with E-state index in [9.17, 15) is 23.5 Å². The van der Waals surface area contributed by atoms with Gasteiger partial charge in [-0.15, -0.1) is 10.2 Å². The van der Waals surface area contributed by atoms with Crippen LogP contribution in [0.25, 0.3) is 22.3 Å². The molecule has 0 saturated carbocycles. The molecule has 0 amide bonds. The molecule has 0 bridgehead atoms. The molecule has 1 aliphatic heterocycles. The van der Waals surface area contributed by atoms with Crippen molar-refractivity contribution in [2.45, 2.75) is 32.0 Å². The largest absolute Gasteiger partial charge is 0.507 e. The van der Waals surface area contributed by atoms with Crippen LogP contribution >= 0.6 is 0 Å². The highest BCUT2D eigenvalue weighted by Gasteiger charge is 2.32. The molecule has 4 rings (SSSR count). The molecule has 2 N–H and O–H groups in total. The summed E-state index contributed by atoms with van der Waals surface area (Å²) in [4.78, 5) is 0. The Morgan fingerprint density at radius 1 is 1.28 bits per heavy atom. The van der Waals surface area contributed by atoms with E-state index < -0.39 is 17.5 Å². The van der Waals surface area contributed by atoms with Gasteiger partial charge in [0.15, 0.2) is 5.65 Å². The van der Waals surface area contributed by atoms with Crippen molar-refractivity contribution in [3.8, 4) is 23.1 Å². The van der Waals surface area contributed by atoms with Crippen LogP contribution in [-0.4, -0.2) is 33.0 Å². The van der Waals surface area contributed by atoms with Crippen LogP contribution in [0.15, 0.2) is 24.4 Å². The van der Waals surface area contributed by atoms with Crippen LogP contribution < -0.4 is 5.32 Å². The molecule has 1 saturated heterocycles. The molecular formula is C20H18F3N5O. The zero-order valence-electron chi connectivity index (χ0n) is 15.6. The summed E-state index contributed by atoms with van der Waals surface area (Å²) in [5.41, 5.74) is 0.633. The molecule has 2 aromatic heterocycles. The lowest BCUT2D eigenvalue weighted by Crippen LogP contribution is -2.31. The minimum absolute atomic E-state index is 0.148. The number of hydrogen-bond acceptors (Lipinski definition) is 5. The lowest BCUT2D eigenvalue weighted by Gasteiger charge is -2.24. The summed E-state index contributed by atoms with van der Waals surface area (Å²) in [7, 11) is 0. The molecule has 1 atom stereocenters. The summed E-state index contributed by atoms with van der Waals surface area (Å²) in [6, 6.07) is 5.54. The van der Waals surface area contributed by atoms with Gasteiger partial charge in [0.25, 0.3) is 0 Å². The molecule has 0 aliphatic carbocycles. The Morgan fingerprint density at radius 2 is 2.07 bits per heavy atom. The van der Waals surface area contributed by atoms with Gasteiger partial charge in [-0.1, -0.05) is 0 Å². The highest BCUT2D eigenvalue weighted by molar-refractivity contribution is 5.87. The lowest BCUT2D eigenvalue weighted by atomic mass is 10.00. The van der Waals surface area contributed by atoms with Crippen molar-refractivity contribution >= 4 is 11.0 Å². The Hall–Kier alpha value is -3.12. The first-order valence-electron chi connectivity index (χ1n) is 9.20. The van der Waals surface area contributed by atoms with Gasteiger partial charge in [-0.05, 0) is 50.1 Å². The van der Waals surface area contributed by atoms with Gasteiger partial charge in [-0.3, -0.25) is 0 Å². The molecular weight excluding hydrogens is 383 g/mol. The van der Waals surface area contributed by atoms with Crippen molar-refractivity contribution in [2.75, 3.05) is 13.1 Å². The second kappa shape index (κ2) is 7.04. The van der Waals surface area contributed by atoms with E-state index in [1.165, 1.54) is 6.92 Å². The van der Waals surface area contributed by atoms with Gasteiger partial charge in [0.1, 0.15) is 11.8 Å². The number of piperidine rings is 1. The number of phenols is 1. The predicted molar refractivity (Wildman–Crippen MR) is 100 cm³/mol. The maximum Gasteiger partial charge on any atom is 0.416 e. The van der Waals surface area contributed by atoms with E-state index in [-0.39, 0.29) is 22.9 Å². The zero-order chi connectivity index (χ0) is 20.8. The van der Waals surface area contributed by atoms with Gasteiger partial charge in [0, 0.05) is 29.7 Å². The number of hydrogen-bond donors (Lipinski definition) is 2. The lowest BCUT2D eigenvalue weighted by molar-refractivity contribution is -0.137. The molecule has 0 spiro atoms. The molecule has 3 heterocycles. The Balaban J connectivity index is 1.84. The quantitative estimate of drug-likeness (QED) is 0.680. The number of rotatable bonds is 2. The minimum atomic E-state index is -4.56. The molecule has 6 nitrogen and oxygen atoms in total. The predicted octanol–water partition coefficient (Wildman–Crippen LogP) is 3.93. The molecule has 1 aliphatic rings. The second-order valence-corrected chi connectivity index (χ2v) is 7.21. The van der Waals surface area contributed by atoms with Crippen LogP contribution in [0.4, 0.5) is 13.2 Å². The smallest absolute Gasteiger partial charge is 0.416 e. The molecule has 9 heteroatoms. The fourth-order valence-electron chi connectivity index (χ4n) is 3.87. The number of nitriles is 1. The molecule has 1 fully saturated rings. The number of aryl methyl sites for hydroxylation is 1. The summed E-state index contributed by atoms with van der Waals surface area (Å²) in [5.74, 6) is -0.527. The summed E-state index contributed by atoms with van der Waals surface area (Å²) >= 11 is 0. The fraction of sp³-hybridized carbons (Fsp3) is 0.350. The maximum absolute atomic E-state index is 13.0. The average molecular weight is 401 g/mol. The number of benzene rings is 1. The number of aromatic hydroxyl groups is 1. The third-order valence-corrected chi connectivity index (χ3v) is 5.26. The molecule has 29 heavy (non-hydrogen) atoms. The highest BCUT2D eigenvalue weighted by atomic mass is 19.4. The first-order valence-corrected chi connectivity index (χ1v) is 9.20. The van der Waals surface area contributed by atoms with Crippen molar-refractivity contribution in [1.29, 1.82) is 5.26 Å². The van der Waals surface area contributed by atoms with Crippen LogP contribution in [0, 0.1) is 18.3 Å². The molecule has 3 aromatic rings. The van der Waals surface area contributed by atoms with Crippen LogP contribution in [0.5, 0.6) is 5.75 Å². The van der Waals surface area contributed by atoms with Gasteiger partial charge < -0.3 is 15.0 Å². The zero-order valence-corrected chi connectivity index (χ0v) is 15.6. The summed E-state index contributed by atoms with van der Waals surface area (Å²) in [5, 5.41) is 32.1. The third-order valence-electron chi connectivity index (χ3n) is 5.26. The molecule has 150 valence electrons. The van der Waals surface area contributed by atoms with Crippen molar-refractivity contribution in [2.24, 2.45) is 0 Å². The van der Waals surface area contributed by atoms with E-state index in [0.717, 1.165) is 32.0 Å². The SMILES string of the molecule is Cc1cc(C(F)(F)F)cc(O)c1-c1cc2c(C#N)cn([C@@H]3CCCNC3)c2nn1. The number of nitrogens with one attached hydrogen (secondary N) is 1. The summed E-state index contributed by atoms with van der Waals surface area (Å²) < 4.78 is 40.9. The number of fused-ring (bicyclic) bond motifs is 1. The number of phenolic OH excluding ortho intramolecular Hbond substituents is 1. The van der Waals surface area contributed by atoms with Crippen molar-refractivity contribution < 1.29 is 18.3 Å². The molecule has 1 aromatic carbocycles. The van der Waals surface area contributed by atoms with Crippen molar-refractivity contribution in [1.82, 2.24) is 20.1 Å². The third kappa shape index (κ3) is 3.40. The van der Waals surface area contributed by atoms with Gasteiger partial charge in [0.05, 0.1) is 16.8 Å². The monoisotopic (exact) mass is 401 g/mol. The minimum Gasteiger partial charge on any atom is -0.507 e. The molecule has 0 radical (unpaired) electrons. The first-order chi connectivity index (χ1) is 13.8. The topological polar surface area (TPSA) is 86.8 Å². The number of nitrogens with zero attached hydrogens (tertiary/aromatic N) is 4. The average Bonchev–Trinajstić information content (AvgIpc) is 3.05. The van der Waals surface area contributed by atoms with Gasteiger partial charge in [0.2, 0.25) is 0 Å². The van der Waals surface area contributed by atoms with E-state index in [4.69, 9.17) is 0 Å². The maximum atomic E-state index is 13.0. The van der Waals surface area contributed by atoms with Gasteiger partial charge >= 0.3 is 6.18 Å². The summed E-state index contributed by atoms with van der Waals surface area (Å²) in [6.07, 6.45) is -0.865. The van der Waals surface area contributed by atoms with E-state index in [1.54, 1.807) is 12.3 Å². The van der Waals surface area contributed by atoms with Crippen molar-refractivity contribution in [3.63, 3.8) is 0 Å². The van der Waals surface area contributed by atoms with E-state index >= 15 is 0 Å². The van der Waals surface area contributed by atoms with E-state index in [2.05, 4.69) is 21.6 Å². The first kappa shape index (κ1) is 19.2. The standard InChI is InChI=1S/C20H18F3N5O/c1-11-5-13(20(21,22)23)6-17(29)18(11)16-7-15-12(8-24)10-28(19(15)27-26-16)14-3-2-4-25-9-14/h5-7,10,14,25,29H,2-4,9H2,1H3/t14-/m1/s1. The number of alkyl halides is 3. The van der Waals surface area contributed by atoms with Crippen molar-refractivity contribution in [3.05, 3.63) is 41.1 Å². The Labute approximate surface area is 164 Å². The van der Waals surface area contributed by atoms with Crippen LogP contribution in [-0.2, 0) is 6.18 Å². The van der Waals surface area contributed by atoms with E-state index in [1.807, 2.05) is 4.57 Å². The van der Waals surface area contributed by atoms with Gasteiger partial charge in [-0.25, -0.2) is 0 Å². The number of halogens is 3. The fourth-order valence-corrected chi connectivity index (χ4v) is 3.87. The van der Waals surface area contributed by atoms with Crippen LogP contribution in [0.1, 0.15) is 35.6 Å².